The largest absolute Gasteiger partial charge is 0.444 e. The fourth-order valence-electron chi connectivity index (χ4n) is 2.16. The van der Waals surface area contributed by atoms with E-state index in [0.717, 1.165) is 6.07 Å². The number of alkyl halides is 3. The molecule has 2 rings (SSSR count). The van der Waals surface area contributed by atoms with Gasteiger partial charge in [0.15, 0.2) is 5.69 Å². The minimum atomic E-state index is -4.60. The minimum Gasteiger partial charge on any atom is -0.444 e. The number of ether oxygens (including phenoxy) is 1. The van der Waals surface area contributed by atoms with E-state index in [0.29, 0.717) is 26.2 Å². The van der Waals surface area contributed by atoms with E-state index in [4.69, 9.17) is 16.3 Å². The average Bonchev–Trinajstić information content (AvgIpc) is 2.44. The molecule has 0 bridgehead atoms. The molecule has 1 aromatic rings. The Morgan fingerprint density at radius 2 is 1.75 bits per heavy atom. The lowest BCUT2D eigenvalue weighted by molar-refractivity contribution is -0.141. The minimum absolute atomic E-state index is 0.0890. The molecule has 1 aromatic heterocycles. The number of anilines is 1. The van der Waals surface area contributed by atoms with Gasteiger partial charge in [0.05, 0.1) is 0 Å². The summed E-state index contributed by atoms with van der Waals surface area (Å²) in [6, 6.07) is 0.856. The smallest absolute Gasteiger partial charge is 0.433 e. The van der Waals surface area contributed by atoms with Gasteiger partial charge in [-0.1, -0.05) is 0 Å². The third-order valence-corrected chi connectivity index (χ3v) is 3.40. The van der Waals surface area contributed by atoms with Crippen molar-refractivity contribution in [2.45, 2.75) is 32.5 Å². The van der Waals surface area contributed by atoms with Crippen LogP contribution in [-0.4, -0.2) is 52.7 Å². The number of nitrogens with zero attached hydrogens (tertiary/aromatic N) is 4. The van der Waals surface area contributed by atoms with Gasteiger partial charge in [0.1, 0.15) is 11.4 Å². The molecule has 1 amide bonds. The topological polar surface area (TPSA) is 58.6 Å². The summed E-state index contributed by atoms with van der Waals surface area (Å²) in [6.45, 7) is 6.58. The van der Waals surface area contributed by atoms with E-state index in [1.54, 1.807) is 25.7 Å². The van der Waals surface area contributed by atoms with Crippen molar-refractivity contribution in [3.8, 4) is 0 Å². The predicted octanol–water partition coefficient (Wildman–Crippen LogP) is 3.21. The number of hydrogen-bond donors (Lipinski definition) is 0. The van der Waals surface area contributed by atoms with Crippen LogP contribution >= 0.6 is 11.6 Å². The summed E-state index contributed by atoms with van der Waals surface area (Å²) in [6.07, 6.45) is -5.04. The van der Waals surface area contributed by atoms with Crippen LogP contribution in [0.25, 0.3) is 0 Å². The Bertz CT molecular complexity index is 611. The van der Waals surface area contributed by atoms with E-state index in [2.05, 4.69) is 9.97 Å². The normalized spacial score (nSPS) is 16.3. The number of carbonyl (C=O) groups is 1. The van der Waals surface area contributed by atoms with Crippen LogP contribution in [-0.2, 0) is 10.9 Å². The summed E-state index contributed by atoms with van der Waals surface area (Å²) < 4.78 is 43.7. The van der Waals surface area contributed by atoms with Gasteiger partial charge in [0, 0.05) is 32.2 Å². The number of halogens is 4. The molecule has 1 aliphatic rings. The maximum absolute atomic E-state index is 12.8. The second-order valence-corrected chi connectivity index (χ2v) is 6.67. The lowest BCUT2D eigenvalue weighted by atomic mass is 10.2. The zero-order valence-corrected chi connectivity index (χ0v) is 14.3. The Hall–Kier alpha value is -1.77. The molecule has 0 saturated carbocycles. The van der Waals surface area contributed by atoms with Crippen molar-refractivity contribution in [1.82, 2.24) is 14.9 Å². The van der Waals surface area contributed by atoms with Gasteiger partial charge in [-0.2, -0.15) is 13.2 Å². The average molecular weight is 367 g/mol. The Labute approximate surface area is 142 Å². The highest BCUT2D eigenvalue weighted by atomic mass is 35.5. The summed E-state index contributed by atoms with van der Waals surface area (Å²) in [5, 5.41) is -0.464. The first kappa shape index (κ1) is 18.6. The molecule has 134 valence electrons. The number of aromatic nitrogens is 2. The third kappa shape index (κ3) is 4.86. The first-order valence-corrected chi connectivity index (χ1v) is 7.68. The van der Waals surface area contributed by atoms with Gasteiger partial charge >= 0.3 is 12.3 Å². The monoisotopic (exact) mass is 366 g/mol. The van der Waals surface area contributed by atoms with Crippen LogP contribution in [0.4, 0.5) is 23.8 Å². The van der Waals surface area contributed by atoms with E-state index < -0.39 is 28.8 Å². The first-order chi connectivity index (χ1) is 11.0. The molecular formula is C14H18ClF3N4O2. The molecule has 0 atom stereocenters. The number of piperazine rings is 1. The quantitative estimate of drug-likeness (QED) is 0.714. The maximum atomic E-state index is 12.8. The molecule has 0 radical (unpaired) electrons. The number of amides is 1. The second kappa shape index (κ2) is 6.62. The van der Waals surface area contributed by atoms with Crippen molar-refractivity contribution < 1.29 is 22.7 Å². The van der Waals surface area contributed by atoms with Crippen molar-refractivity contribution in [1.29, 1.82) is 0 Å². The number of hydrogen-bond acceptors (Lipinski definition) is 5. The fourth-order valence-corrected chi connectivity index (χ4v) is 2.34. The summed E-state index contributed by atoms with van der Waals surface area (Å²) in [4.78, 5) is 22.2. The van der Waals surface area contributed by atoms with E-state index in [1.165, 1.54) is 4.90 Å². The molecule has 6 nitrogen and oxygen atoms in total. The first-order valence-electron chi connectivity index (χ1n) is 7.30. The van der Waals surface area contributed by atoms with Crippen molar-refractivity contribution in [2.24, 2.45) is 0 Å². The molecule has 24 heavy (non-hydrogen) atoms. The van der Waals surface area contributed by atoms with Crippen molar-refractivity contribution in [3.05, 3.63) is 17.0 Å². The highest BCUT2D eigenvalue weighted by Crippen LogP contribution is 2.30. The van der Waals surface area contributed by atoms with Crippen molar-refractivity contribution >= 4 is 23.5 Å². The van der Waals surface area contributed by atoms with Crippen molar-refractivity contribution in [2.75, 3.05) is 31.1 Å². The standard InChI is InChI=1S/C14H18ClF3N4O2/c1-13(2,3)24-12(23)22-6-4-21(5-7-22)10-8-9(14(16,17)18)19-11(15)20-10/h8H,4-7H2,1-3H3. The molecular weight excluding hydrogens is 349 g/mol. The molecule has 0 unspecified atom stereocenters. The summed E-state index contributed by atoms with van der Waals surface area (Å²) in [7, 11) is 0. The zero-order chi connectivity index (χ0) is 18.1. The Kier molecular flexibility index (Phi) is 5.12. The van der Waals surface area contributed by atoms with Crippen LogP contribution in [0.1, 0.15) is 26.5 Å². The zero-order valence-electron chi connectivity index (χ0n) is 13.5. The van der Waals surface area contributed by atoms with Crippen molar-refractivity contribution in [3.63, 3.8) is 0 Å². The molecule has 0 aromatic carbocycles. The van der Waals surface area contributed by atoms with Gasteiger partial charge < -0.3 is 14.5 Å². The predicted molar refractivity (Wildman–Crippen MR) is 82.1 cm³/mol. The lowest BCUT2D eigenvalue weighted by Gasteiger charge is -2.36. The van der Waals surface area contributed by atoms with Gasteiger partial charge in [0.25, 0.3) is 0 Å². The van der Waals surface area contributed by atoms with E-state index in [9.17, 15) is 18.0 Å². The lowest BCUT2D eigenvalue weighted by Crippen LogP contribution is -2.50. The summed E-state index contributed by atoms with van der Waals surface area (Å²) in [5.74, 6) is 0.0890. The SMILES string of the molecule is CC(C)(C)OC(=O)N1CCN(c2cc(C(F)(F)F)nc(Cl)n2)CC1. The van der Waals surface area contributed by atoms with Crippen LogP contribution in [0.15, 0.2) is 6.07 Å². The molecule has 0 aliphatic carbocycles. The van der Waals surface area contributed by atoms with Crippen LogP contribution in [0.2, 0.25) is 5.28 Å². The molecule has 1 fully saturated rings. The molecule has 1 aliphatic heterocycles. The van der Waals surface area contributed by atoms with E-state index >= 15 is 0 Å². The van der Waals surface area contributed by atoms with Crippen LogP contribution in [0, 0.1) is 0 Å². The molecule has 2 heterocycles. The van der Waals surface area contributed by atoms with Gasteiger partial charge in [-0.25, -0.2) is 14.8 Å². The van der Waals surface area contributed by atoms with Gasteiger partial charge in [0.2, 0.25) is 5.28 Å². The van der Waals surface area contributed by atoms with Gasteiger partial charge in [-0.15, -0.1) is 0 Å². The highest BCUT2D eigenvalue weighted by molar-refractivity contribution is 6.28. The van der Waals surface area contributed by atoms with Crippen LogP contribution in [0.5, 0.6) is 0 Å². The molecule has 1 saturated heterocycles. The van der Waals surface area contributed by atoms with Crippen LogP contribution < -0.4 is 4.90 Å². The molecule has 0 N–H and O–H groups in total. The Balaban J connectivity index is 2.05. The summed E-state index contributed by atoms with van der Waals surface area (Å²) in [5.41, 5.74) is -1.69. The number of carbonyl (C=O) groups excluding carboxylic acids is 1. The molecule has 10 heteroatoms. The maximum Gasteiger partial charge on any atom is 0.433 e. The fraction of sp³-hybridized carbons (Fsp3) is 0.643. The number of rotatable bonds is 1. The second-order valence-electron chi connectivity index (χ2n) is 6.33. The van der Waals surface area contributed by atoms with Crippen LogP contribution in [0.3, 0.4) is 0 Å². The highest BCUT2D eigenvalue weighted by Gasteiger charge is 2.34. The summed E-state index contributed by atoms with van der Waals surface area (Å²) >= 11 is 5.59. The van der Waals surface area contributed by atoms with E-state index in [-0.39, 0.29) is 5.82 Å². The van der Waals surface area contributed by atoms with Gasteiger partial charge in [-0.3, -0.25) is 0 Å². The third-order valence-electron chi connectivity index (χ3n) is 3.23. The van der Waals surface area contributed by atoms with E-state index in [1.807, 2.05) is 0 Å². The Morgan fingerprint density at radius 1 is 1.17 bits per heavy atom. The Morgan fingerprint density at radius 3 is 2.25 bits per heavy atom. The molecule has 0 spiro atoms. The van der Waals surface area contributed by atoms with Gasteiger partial charge in [-0.05, 0) is 32.4 Å².